The first-order valence-electron chi connectivity index (χ1n) is 5.83. The molecule has 18 heavy (non-hydrogen) atoms. The summed E-state index contributed by atoms with van der Waals surface area (Å²) in [6, 6.07) is -0.0930. The summed E-state index contributed by atoms with van der Waals surface area (Å²) in [4.78, 5) is 11.3. The summed E-state index contributed by atoms with van der Waals surface area (Å²) in [6.45, 7) is 7.18. The van der Waals surface area contributed by atoms with Crippen LogP contribution in [0.5, 0.6) is 0 Å². The number of aromatic carboxylic acids is 1. The molecule has 0 saturated carbocycles. The van der Waals surface area contributed by atoms with Crippen molar-refractivity contribution in [2.75, 3.05) is 11.9 Å². The number of hydrogen-bond acceptors (Lipinski definition) is 5. The number of carboxylic acids is 1. The number of hydrogen-bond donors (Lipinski definition) is 3. The number of carbonyl (C=O) groups is 1. The maximum Gasteiger partial charge on any atom is 0.339 e. The summed E-state index contributed by atoms with van der Waals surface area (Å²) in [5.74, 6) is -0.787. The predicted molar refractivity (Wildman–Crippen MR) is 67.8 cm³/mol. The molecule has 1 aromatic heterocycles. The van der Waals surface area contributed by atoms with E-state index in [1.165, 1.54) is 0 Å². The Bertz CT molecular complexity index is 448. The van der Waals surface area contributed by atoms with Crippen LogP contribution in [0.25, 0.3) is 0 Å². The molecule has 100 valence electrons. The van der Waals surface area contributed by atoms with E-state index in [1.54, 1.807) is 13.8 Å². The first kappa shape index (κ1) is 14.4. The molecule has 2 atom stereocenters. The molecule has 0 saturated heterocycles. The minimum Gasteiger partial charge on any atom is -0.478 e. The molecule has 1 aromatic rings. The third-order valence-electron chi connectivity index (χ3n) is 3.17. The number of aromatic nitrogens is 2. The Morgan fingerprint density at radius 1 is 1.33 bits per heavy atom. The molecule has 0 spiro atoms. The van der Waals surface area contributed by atoms with E-state index < -0.39 is 5.97 Å². The SMILES string of the molecule is Cc1nnc(NC(C)C(C)CO)c(C(=O)O)c1C. The van der Waals surface area contributed by atoms with Crippen LogP contribution in [0, 0.1) is 19.8 Å². The standard InChI is InChI=1S/C12H19N3O3/c1-6(5-16)8(3)13-11-10(12(17)18)7(2)9(4)14-15-11/h6,8,16H,5H2,1-4H3,(H,13,15)(H,17,18). The lowest BCUT2D eigenvalue weighted by Gasteiger charge is -2.21. The minimum atomic E-state index is -1.03. The van der Waals surface area contributed by atoms with Gasteiger partial charge in [0.05, 0.1) is 5.69 Å². The fourth-order valence-electron chi connectivity index (χ4n) is 1.49. The Morgan fingerprint density at radius 3 is 2.44 bits per heavy atom. The maximum absolute atomic E-state index is 11.3. The molecule has 0 fully saturated rings. The molecule has 0 aliphatic heterocycles. The number of anilines is 1. The molecule has 3 N–H and O–H groups in total. The minimum absolute atomic E-state index is 0.00458. The molecule has 6 nitrogen and oxygen atoms in total. The summed E-state index contributed by atoms with van der Waals surface area (Å²) in [5.41, 5.74) is 1.34. The lowest BCUT2D eigenvalue weighted by Crippen LogP contribution is -2.28. The predicted octanol–water partition coefficient (Wildman–Crippen LogP) is 1.22. The van der Waals surface area contributed by atoms with Crippen molar-refractivity contribution >= 4 is 11.8 Å². The largest absolute Gasteiger partial charge is 0.478 e. The van der Waals surface area contributed by atoms with E-state index in [2.05, 4.69) is 15.5 Å². The van der Waals surface area contributed by atoms with Gasteiger partial charge >= 0.3 is 5.97 Å². The molecule has 0 aromatic carbocycles. The topological polar surface area (TPSA) is 95.3 Å². The van der Waals surface area contributed by atoms with Gasteiger partial charge in [-0.25, -0.2) is 4.79 Å². The summed E-state index contributed by atoms with van der Waals surface area (Å²) < 4.78 is 0. The number of aryl methyl sites for hydroxylation is 1. The second-order valence-corrected chi connectivity index (χ2v) is 4.53. The second kappa shape index (κ2) is 5.77. The molecule has 1 heterocycles. The van der Waals surface area contributed by atoms with Crippen LogP contribution in [0.4, 0.5) is 5.82 Å². The van der Waals surface area contributed by atoms with Crippen molar-refractivity contribution in [3.63, 3.8) is 0 Å². The maximum atomic E-state index is 11.3. The molecular formula is C12H19N3O3. The highest BCUT2D eigenvalue weighted by Crippen LogP contribution is 2.20. The lowest BCUT2D eigenvalue weighted by molar-refractivity contribution is 0.0696. The fourth-order valence-corrected chi connectivity index (χ4v) is 1.49. The van der Waals surface area contributed by atoms with E-state index >= 15 is 0 Å². The number of rotatable bonds is 5. The average Bonchev–Trinajstić information content (AvgIpc) is 2.32. The highest BCUT2D eigenvalue weighted by atomic mass is 16.4. The van der Waals surface area contributed by atoms with Crippen molar-refractivity contribution in [2.24, 2.45) is 5.92 Å². The van der Waals surface area contributed by atoms with Gasteiger partial charge in [-0.3, -0.25) is 0 Å². The zero-order valence-electron chi connectivity index (χ0n) is 11.1. The van der Waals surface area contributed by atoms with Crippen molar-refractivity contribution < 1.29 is 15.0 Å². The van der Waals surface area contributed by atoms with Crippen molar-refractivity contribution in [1.82, 2.24) is 10.2 Å². The Hall–Kier alpha value is -1.69. The molecular weight excluding hydrogens is 234 g/mol. The van der Waals surface area contributed by atoms with Crippen LogP contribution in [0.2, 0.25) is 0 Å². The van der Waals surface area contributed by atoms with Crippen LogP contribution in [0.3, 0.4) is 0 Å². The normalized spacial score (nSPS) is 14.1. The first-order valence-corrected chi connectivity index (χ1v) is 5.83. The third-order valence-corrected chi connectivity index (χ3v) is 3.17. The monoisotopic (exact) mass is 253 g/mol. The number of aliphatic hydroxyl groups excluding tert-OH is 1. The van der Waals surface area contributed by atoms with Gasteiger partial charge in [-0.1, -0.05) is 6.92 Å². The summed E-state index contributed by atoms with van der Waals surface area (Å²) in [5, 5.41) is 29.1. The molecule has 2 unspecified atom stereocenters. The van der Waals surface area contributed by atoms with E-state index in [9.17, 15) is 9.90 Å². The Morgan fingerprint density at radius 2 is 1.94 bits per heavy atom. The van der Waals surface area contributed by atoms with Crippen LogP contribution in [-0.4, -0.2) is 39.0 Å². The highest BCUT2D eigenvalue weighted by Gasteiger charge is 2.20. The molecule has 0 aliphatic rings. The van der Waals surface area contributed by atoms with Gasteiger partial charge in [0.1, 0.15) is 5.56 Å². The van der Waals surface area contributed by atoms with E-state index in [1.807, 2.05) is 13.8 Å². The van der Waals surface area contributed by atoms with Gasteiger partial charge in [-0.15, -0.1) is 5.10 Å². The molecule has 1 rings (SSSR count). The van der Waals surface area contributed by atoms with E-state index in [0.29, 0.717) is 11.3 Å². The van der Waals surface area contributed by atoms with Crippen molar-refractivity contribution in [3.05, 3.63) is 16.8 Å². The van der Waals surface area contributed by atoms with Crippen LogP contribution >= 0.6 is 0 Å². The Kier molecular flexibility index (Phi) is 4.61. The first-order chi connectivity index (χ1) is 8.38. The van der Waals surface area contributed by atoms with Crippen LogP contribution in [-0.2, 0) is 0 Å². The van der Waals surface area contributed by atoms with Gasteiger partial charge in [0.2, 0.25) is 0 Å². The molecule has 0 radical (unpaired) electrons. The van der Waals surface area contributed by atoms with Gasteiger partial charge in [-0.05, 0) is 32.3 Å². The van der Waals surface area contributed by atoms with Gasteiger partial charge in [0.15, 0.2) is 5.82 Å². The molecule has 0 aliphatic carbocycles. The van der Waals surface area contributed by atoms with E-state index in [4.69, 9.17) is 5.11 Å². The Labute approximate surface area is 106 Å². The van der Waals surface area contributed by atoms with Crippen molar-refractivity contribution in [2.45, 2.75) is 33.7 Å². The lowest BCUT2D eigenvalue weighted by atomic mass is 10.0. The van der Waals surface area contributed by atoms with Gasteiger partial charge in [0.25, 0.3) is 0 Å². The fraction of sp³-hybridized carbons (Fsp3) is 0.583. The van der Waals surface area contributed by atoms with Gasteiger partial charge < -0.3 is 15.5 Å². The van der Waals surface area contributed by atoms with E-state index in [-0.39, 0.29) is 29.9 Å². The van der Waals surface area contributed by atoms with Crippen LogP contribution in [0.1, 0.15) is 35.5 Å². The summed E-state index contributed by atoms with van der Waals surface area (Å²) >= 11 is 0. The number of nitrogens with one attached hydrogen (secondary N) is 1. The number of nitrogens with zero attached hydrogens (tertiary/aromatic N) is 2. The van der Waals surface area contributed by atoms with Gasteiger partial charge in [0, 0.05) is 12.6 Å². The second-order valence-electron chi connectivity index (χ2n) is 4.53. The molecule has 0 amide bonds. The average molecular weight is 253 g/mol. The summed E-state index contributed by atoms with van der Waals surface area (Å²) in [7, 11) is 0. The van der Waals surface area contributed by atoms with Crippen molar-refractivity contribution in [3.8, 4) is 0 Å². The number of aliphatic hydroxyl groups is 1. The van der Waals surface area contributed by atoms with Crippen molar-refractivity contribution in [1.29, 1.82) is 0 Å². The Balaban J connectivity index is 3.10. The van der Waals surface area contributed by atoms with Crippen LogP contribution in [0.15, 0.2) is 0 Å². The molecule has 6 heteroatoms. The highest BCUT2D eigenvalue weighted by molar-refractivity contribution is 5.94. The zero-order valence-corrected chi connectivity index (χ0v) is 11.1. The summed E-state index contributed by atoms with van der Waals surface area (Å²) in [6.07, 6.45) is 0. The molecule has 0 bridgehead atoms. The van der Waals surface area contributed by atoms with Crippen LogP contribution < -0.4 is 5.32 Å². The van der Waals surface area contributed by atoms with E-state index in [0.717, 1.165) is 0 Å². The smallest absolute Gasteiger partial charge is 0.339 e. The van der Waals surface area contributed by atoms with Gasteiger partial charge in [-0.2, -0.15) is 5.10 Å². The third kappa shape index (κ3) is 2.95. The quantitative estimate of drug-likeness (QED) is 0.730. The zero-order chi connectivity index (χ0) is 13.9. The number of carboxylic acid groups (broad SMARTS) is 1.